The van der Waals surface area contributed by atoms with Gasteiger partial charge in [0.05, 0.1) is 6.10 Å². The molecule has 1 aliphatic rings. The van der Waals surface area contributed by atoms with E-state index >= 15 is 0 Å². The quantitative estimate of drug-likeness (QED) is 0.870. The third-order valence-electron chi connectivity index (χ3n) is 3.96. The number of benzene rings is 1. The topological polar surface area (TPSA) is 29.5 Å². The summed E-state index contributed by atoms with van der Waals surface area (Å²) in [7, 11) is 0. The lowest BCUT2D eigenvalue weighted by molar-refractivity contribution is -0.274. The summed E-state index contributed by atoms with van der Waals surface area (Å²) in [4.78, 5) is 0. The number of alkyl halides is 3. The van der Waals surface area contributed by atoms with Crippen molar-refractivity contribution in [1.82, 2.24) is 0 Å². The van der Waals surface area contributed by atoms with Crippen molar-refractivity contribution in [3.8, 4) is 5.75 Å². The number of rotatable bonds is 5. The van der Waals surface area contributed by atoms with Crippen molar-refractivity contribution >= 4 is 0 Å². The van der Waals surface area contributed by atoms with E-state index in [4.69, 9.17) is 0 Å². The Morgan fingerprint density at radius 2 is 1.71 bits per heavy atom. The van der Waals surface area contributed by atoms with Crippen LogP contribution < -0.4 is 4.74 Å². The molecule has 1 aromatic rings. The van der Waals surface area contributed by atoms with E-state index in [0.29, 0.717) is 12.3 Å². The third-order valence-corrected chi connectivity index (χ3v) is 3.96. The summed E-state index contributed by atoms with van der Waals surface area (Å²) in [5.41, 5.74) is 0.827. The predicted molar refractivity (Wildman–Crippen MR) is 74.0 cm³/mol. The normalized spacial score (nSPS) is 18.5. The average Bonchev–Trinajstić information content (AvgIpc) is 2.40. The highest BCUT2D eigenvalue weighted by atomic mass is 19.4. The van der Waals surface area contributed by atoms with Gasteiger partial charge in [-0.25, -0.2) is 0 Å². The van der Waals surface area contributed by atoms with Crippen molar-refractivity contribution < 1.29 is 23.0 Å². The van der Waals surface area contributed by atoms with Gasteiger partial charge in [-0.1, -0.05) is 44.2 Å². The molecule has 2 rings (SSSR count). The van der Waals surface area contributed by atoms with E-state index in [2.05, 4.69) is 4.74 Å². The van der Waals surface area contributed by atoms with Gasteiger partial charge in [0.25, 0.3) is 0 Å². The van der Waals surface area contributed by atoms with E-state index in [9.17, 15) is 18.3 Å². The number of hydrogen-bond acceptors (Lipinski definition) is 2. The molecule has 0 radical (unpaired) electrons. The Morgan fingerprint density at radius 1 is 1.10 bits per heavy atom. The van der Waals surface area contributed by atoms with Gasteiger partial charge in [-0.3, -0.25) is 0 Å². The third kappa shape index (κ3) is 5.96. The van der Waals surface area contributed by atoms with Gasteiger partial charge in [0.2, 0.25) is 0 Å². The Bertz CT molecular complexity index is 422. The van der Waals surface area contributed by atoms with Gasteiger partial charge in [0, 0.05) is 0 Å². The zero-order valence-corrected chi connectivity index (χ0v) is 11.9. The summed E-state index contributed by atoms with van der Waals surface area (Å²) in [6.45, 7) is 0. The molecule has 0 heterocycles. The first-order valence-corrected chi connectivity index (χ1v) is 7.45. The Morgan fingerprint density at radius 3 is 2.29 bits per heavy atom. The lowest BCUT2D eigenvalue weighted by atomic mass is 9.84. The Kier molecular flexibility index (Phi) is 5.51. The Balaban J connectivity index is 1.81. The lowest BCUT2D eigenvalue weighted by Crippen LogP contribution is -2.18. The van der Waals surface area contributed by atoms with E-state index in [1.807, 2.05) is 0 Å². The molecule has 2 nitrogen and oxygen atoms in total. The highest BCUT2D eigenvalue weighted by Gasteiger charge is 2.31. The number of aliphatic hydroxyl groups excluding tert-OH is 1. The van der Waals surface area contributed by atoms with E-state index in [1.54, 1.807) is 12.1 Å². The van der Waals surface area contributed by atoms with Crippen LogP contribution in [-0.2, 0) is 6.42 Å². The minimum absolute atomic E-state index is 0.229. The molecule has 1 aliphatic carbocycles. The second-order valence-corrected chi connectivity index (χ2v) is 5.79. The lowest BCUT2D eigenvalue weighted by Gasteiger charge is -2.24. The molecule has 1 unspecified atom stereocenters. The van der Waals surface area contributed by atoms with E-state index in [0.717, 1.165) is 12.0 Å². The van der Waals surface area contributed by atoms with Crippen LogP contribution in [0.1, 0.15) is 44.1 Å². The fourth-order valence-corrected chi connectivity index (χ4v) is 2.99. The number of hydrogen-bond donors (Lipinski definition) is 1. The maximum Gasteiger partial charge on any atom is 0.573 e. The minimum Gasteiger partial charge on any atom is -0.406 e. The zero-order valence-electron chi connectivity index (χ0n) is 11.9. The fourth-order valence-electron chi connectivity index (χ4n) is 2.99. The maximum atomic E-state index is 12.1. The van der Waals surface area contributed by atoms with Gasteiger partial charge in [-0.05, 0) is 36.5 Å². The first-order valence-electron chi connectivity index (χ1n) is 7.45. The van der Waals surface area contributed by atoms with E-state index in [-0.39, 0.29) is 5.75 Å². The van der Waals surface area contributed by atoms with Gasteiger partial charge in [0.15, 0.2) is 0 Å². The summed E-state index contributed by atoms with van der Waals surface area (Å²) in [6.07, 6.45) is 2.27. The van der Waals surface area contributed by atoms with E-state index < -0.39 is 12.5 Å². The number of ether oxygens (including phenoxy) is 1. The summed E-state index contributed by atoms with van der Waals surface area (Å²) in [5.74, 6) is 0.356. The summed E-state index contributed by atoms with van der Waals surface area (Å²) < 4.78 is 40.0. The SMILES string of the molecule is OC(Cc1ccc(OC(F)(F)F)cc1)CC1CCCCC1. The molecule has 1 N–H and O–H groups in total. The summed E-state index contributed by atoms with van der Waals surface area (Å²) in [5, 5.41) is 10.1. The van der Waals surface area contributed by atoms with Crippen molar-refractivity contribution in [3.05, 3.63) is 29.8 Å². The molecule has 5 heteroatoms. The standard InChI is InChI=1S/C16H21F3O2/c17-16(18,19)21-15-8-6-13(7-9-15)11-14(20)10-12-4-2-1-3-5-12/h6-9,12,14,20H,1-5,10-11H2. The van der Waals surface area contributed by atoms with Gasteiger partial charge < -0.3 is 9.84 Å². The molecule has 1 aromatic carbocycles. The Labute approximate surface area is 122 Å². The van der Waals surface area contributed by atoms with Crippen LogP contribution in [0.3, 0.4) is 0 Å². The van der Waals surface area contributed by atoms with Crippen LogP contribution in [0.2, 0.25) is 0 Å². The highest BCUT2D eigenvalue weighted by Crippen LogP contribution is 2.28. The molecule has 0 aromatic heterocycles. The highest BCUT2D eigenvalue weighted by molar-refractivity contribution is 5.27. The molecule has 0 spiro atoms. The second kappa shape index (κ2) is 7.16. The minimum atomic E-state index is -4.66. The van der Waals surface area contributed by atoms with Gasteiger partial charge in [0.1, 0.15) is 5.75 Å². The average molecular weight is 302 g/mol. The largest absolute Gasteiger partial charge is 0.573 e. The second-order valence-electron chi connectivity index (χ2n) is 5.79. The molecule has 1 fully saturated rings. The fraction of sp³-hybridized carbons (Fsp3) is 0.625. The van der Waals surface area contributed by atoms with Crippen LogP contribution in [0.5, 0.6) is 5.75 Å². The van der Waals surface area contributed by atoms with E-state index in [1.165, 1.54) is 44.2 Å². The smallest absolute Gasteiger partial charge is 0.406 e. The van der Waals surface area contributed by atoms with Crippen molar-refractivity contribution in [3.63, 3.8) is 0 Å². The van der Waals surface area contributed by atoms with Crippen molar-refractivity contribution in [2.24, 2.45) is 5.92 Å². The van der Waals surface area contributed by atoms with Crippen LogP contribution in [0, 0.1) is 5.92 Å². The zero-order chi connectivity index (χ0) is 15.3. The maximum absolute atomic E-state index is 12.1. The van der Waals surface area contributed by atoms with Crippen molar-refractivity contribution in [2.45, 2.75) is 57.4 Å². The van der Waals surface area contributed by atoms with Crippen molar-refractivity contribution in [1.29, 1.82) is 0 Å². The summed E-state index contributed by atoms with van der Waals surface area (Å²) >= 11 is 0. The Hall–Kier alpha value is -1.23. The first-order chi connectivity index (χ1) is 9.92. The number of aliphatic hydroxyl groups is 1. The predicted octanol–water partition coefficient (Wildman–Crippen LogP) is 4.46. The number of halogens is 3. The van der Waals surface area contributed by atoms with Crippen LogP contribution in [0.15, 0.2) is 24.3 Å². The molecule has 1 saturated carbocycles. The first kappa shape index (κ1) is 16.1. The molecule has 21 heavy (non-hydrogen) atoms. The van der Waals surface area contributed by atoms with Gasteiger partial charge >= 0.3 is 6.36 Å². The summed E-state index contributed by atoms with van der Waals surface area (Å²) in [6, 6.07) is 5.72. The molecule has 0 amide bonds. The molecule has 118 valence electrons. The molecule has 0 aliphatic heterocycles. The van der Waals surface area contributed by atoms with Crippen LogP contribution in [0.25, 0.3) is 0 Å². The monoisotopic (exact) mass is 302 g/mol. The van der Waals surface area contributed by atoms with Crippen molar-refractivity contribution in [2.75, 3.05) is 0 Å². The van der Waals surface area contributed by atoms with Crippen LogP contribution in [0.4, 0.5) is 13.2 Å². The molecule has 1 atom stereocenters. The van der Waals surface area contributed by atoms with Gasteiger partial charge in [-0.2, -0.15) is 0 Å². The molecular formula is C16H21F3O2. The molecule has 0 saturated heterocycles. The van der Waals surface area contributed by atoms with Gasteiger partial charge in [-0.15, -0.1) is 13.2 Å². The van der Waals surface area contributed by atoms with Crippen LogP contribution >= 0.6 is 0 Å². The molecular weight excluding hydrogens is 281 g/mol. The van der Waals surface area contributed by atoms with Crippen LogP contribution in [-0.4, -0.2) is 17.6 Å². The molecule has 0 bridgehead atoms.